The zero-order valence-electron chi connectivity index (χ0n) is 13.9. The predicted octanol–water partition coefficient (Wildman–Crippen LogP) is 0.769. The zero-order chi connectivity index (χ0) is 19.4. The molecule has 26 heavy (non-hydrogen) atoms. The summed E-state index contributed by atoms with van der Waals surface area (Å²) in [6.07, 6.45) is 4.42. The van der Waals surface area contributed by atoms with Gasteiger partial charge >= 0.3 is 15.5 Å². The van der Waals surface area contributed by atoms with Crippen molar-refractivity contribution >= 4 is 15.8 Å². The molecule has 2 heterocycles. The lowest BCUT2D eigenvalue weighted by atomic mass is 10.2. The van der Waals surface area contributed by atoms with Crippen LogP contribution in [-0.4, -0.2) is 45.4 Å². The van der Waals surface area contributed by atoms with Crippen LogP contribution >= 0.6 is 0 Å². The number of hydrogen-bond acceptors (Lipinski definition) is 7. The number of alkyl halides is 3. The minimum absolute atomic E-state index is 0.237. The second kappa shape index (κ2) is 7.95. The van der Waals surface area contributed by atoms with E-state index in [1.807, 2.05) is 0 Å². The predicted molar refractivity (Wildman–Crippen MR) is 86.2 cm³/mol. The highest BCUT2D eigenvalue weighted by molar-refractivity contribution is 7.90. The molecule has 0 atom stereocenters. The van der Waals surface area contributed by atoms with E-state index in [0.29, 0.717) is 42.3 Å². The fourth-order valence-electron chi connectivity index (χ4n) is 2.06. The molecule has 2 rings (SSSR count). The van der Waals surface area contributed by atoms with Crippen LogP contribution in [0.3, 0.4) is 0 Å². The number of anilines is 1. The molecule has 0 aromatic carbocycles. The summed E-state index contributed by atoms with van der Waals surface area (Å²) in [4.78, 5) is 8.11. The minimum Gasteiger partial charge on any atom is -0.383 e. The van der Waals surface area contributed by atoms with E-state index in [1.165, 1.54) is 4.72 Å². The SMILES string of the molecule is Cc1ncc(Cn2cc(CCCCNS(=O)(=O)C(F)(F)F)nn2)c(N)n1. The highest BCUT2D eigenvalue weighted by atomic mass is 32.2. The van der Waals surface area contributed by atoms with E-state index in [2.05, 4.69) is 20.3 Å². The molecule has 0 bridgehead atoms. The molecule has 0 aliphatic carbocycles. The van der Waals surface area contributed by atoms with Gasteiger partial charge in [0.15, 0.2) is 0 Å². The lowest BCUT2D eigenvalue weighted by molar-refractivity contribution is -0.0447. The Bertz CT molecular complexity index is 852. The summed E-state index contributed by atoms with van der Waals surface area (Å²) < 4.78 is 61.2. The molecule has 0 amide bonds. The normalized spacial score (nSPS) is 12.5. The van der Waals surface area contributed by atoms with Gasteiger partial charge in [0.2, 0.25) is 0 Å². The fourth-order valence-corrected chi connectivity index (χ4v) is 2.64. The zero-order valence-corrected chi connectivity index (χ0v) is 14.7. The highest BCUT2D eigenvalue weighted by Gasteiger charge is 2.45. The van der Waals surface area contributed by atoms with Crippen LogP contribution in [0.5, 0.6) is 0 Å². The van der Waals surface area contributed by atoms with Gasteiger partial charge in [0.05, 0.1) is 12.2 Å². The molecule has 3 N–H and O–H groups in total. The quantitative estimate of drug-likeness (QED) is 0.634. The maximum absolute atomic E-state index is 12.2. The molecule has 0 unspecified atom stereocenters. The minimum atomic E-state index is -5.29. The molecule has 0 fully saturated rings. The van der Waals surface area contributed by atoms with Gasteiger partial charge in [-0.3, -0.25) is 0 Å². The number of hydrogen-bond donors (Lipinski definition) is 2. The van der Waals surface area contributed by atoms with Gasteiger partial charge in [-0.1, -0.05) is 5.21 Å². The number of nitrogens with zero attached hydrogens (tertiary/aromatic N) is 5. The average molecular weight is 393 g/mol. The molecule has 2 aromatic heterocycles. The summed E-state index contributed by atoms with van der Waals surface area (Å²) in [5, 5.41) is 7.90. The van der Waals surface area contributed by atoms with Gasteiger partial charge < -0.3 is 5.73 Å². The second-order valence-corrected chi connectivity index (χ2v) is 7.29. The third kappa shape index (κ3) is 5.36. The molecule has 0 saturated carbocycles. The second-order valence-electron chi connectivity index (χ2n) is 5.54. The maximum atomic E-state index is 12.2. The van der Waals surface area contributed by atoms with Crippen molar-refractivity contribution in [2.75, 3.05) is 12.3 Å². The largest absolute Gasteiger partial charge is 0.511 e. The number of nitrogens with one attached hydrogen (secondary N) is 1. The highest BCUT2D eigenvalue weighted by Crippen LogP contribution is 2.21. The van der Waals surface area contributed by atoms with E-state index in [4.69, 9.17) is 5.73 Å². The molecule has 13 heteroatoms. The van der Waals surface area contributed by atoms with E-state index in [1.54, 1.807) is 24.0 Å². The number of aryl methyl sites for hydroxylation is 2. The molecule has 9 nitrogen and oxygen atoms in total. The summed E-state index contributed by atoms with van der Waals surface area (Å²) in [6.45, 7) is 1.76. The van der Waals surface area contributed by atoms with Gasteiger partial charge in [-0.05, 0) is 26.2 Å². The number of unbranched alkanes of at least 4 members (excludes halogenated alkanes) is 1. The monoisotopic (exact) mass is 393 g/mol. The van der Waals surface area contributed by atoms with E-state index >= 15 is 0 Å². The summed E-state index contributed by atoms with van der Waals surface area (Å²) >= 11 is 0. The number of nitrogens with two attached hydrogens (primary N) is 1. The fraction of sp³-hybridized carbons (Fsp3) is 0.538. The maximum Gasteiger partial charge on any atom is 0.511 e. The van der Waals surface area contributed by atoms with E-state index in [9.17, 15) is 21.6 Å². The molecule has 0 aliphatic heterocycles. The third-order valence-electron chi connectivity index (χ3n) is 3.39. The number of rotatable bonds is 8. The summed E-state index contributed by atoms with van der Waals surface area (Å²) in [6, 6.07) is 0. The molecule has 0 radical (unpaired) electrons. The first-order valence-electron chi connectivity index (χ1n) is 7.61. The molecule has 0 aliphatic rings. The van der Waals surface area contributed by atoms with E-state index < -0.39 is 15.5 Å². The number of halogens is 3. The van der Waals surface area contributed by atoms with Gasteiger partial charge in [-0.15, -0.1) is 5.10 Å². The first-order chi connectivity index (χ1) is 12.1. The third-order valence-corrected chi connectivity index (χ3v) is 4.59. The van der Waals surface area contributed by atoms with Crippen molar-refractivity contribution in [2.24, 2.45) is 0 Å². The van der Waals surface area contributed by atoms with Gasteiger partial charge in [-0.25, -0.2) is 27.8 Å². The summed E-state index contributed by atoms with van der Waals surface area (Å²) in [5.41, 5.74) is 1.84. The van der Waals surface area contributed by atoms with Crippen molar-refractivity contribution in [3.05, 3.63) is 29.5 Å². The van der Waals surface area contributed by atoms with Crippen LogP contribution in [-0.2, 0) is 23.0 Å². The van der Waals surface area contributed by atoms with Gasteiger partial charge in [-0.2, -0.15) is 13.2 Å². The smallest absolute Gasteiger partial charge is 0.383 e. The Balaban J connectivity index is 1.78. The molecular formula is C13H18F3N7O2S. The Morgan fingerprint density at radius 1 is 1.31 bits per heavy atom. The lowest BCUT2D eigenvalue weighted by Crippen LogP contribution is -2.36. The Kier molecular flexibility index (Phi) is 6.13. The van der Waals surface area contributed by atoms with Gasteiger partial charge in [0.1, 0.15) is 11.6 Å². The standard InChI is InChI=1S/C13H18F3N7O2S/c1-9-18-6-10(12(17)20-9)7-23-8-11(21-22-23)4-2-3-5-19-26(24,25)13(14,15)16/h6,8,19H,2-5,7H2,1H3,(H2,17,18,20). The Hall–Kier alpha value is -2.28. The number of nitrogen functional groups attached to an aromatic ring is 1. The van der Waals surface area contributed by atoms with E-state index in [0.717, 1.165) is 0 Å². The van der Waals surface area contributed by atoms with Crippen LogP contribution in [0, 0.1) is 6.92 Å². The molecule has 2 aromatic rings. The van der Waals surface area contributed by atoms with Crippen molar-refractivity contribution in [1.29, 1.82) is 0 Å². The molecular weight excluding hydrogens is 375 g/mol. The van der Waals surface area contributed by atoms with Crippen LogP contribution in [0.2, 0.25) is 0 Å². The van der Waals surface area contributed by atoms with Crippen LogP contribution < -0.4 is 10.5 Å². The topological polar surface area (TPSA) is 129 Å². The van der Waals surface area contributed by atoms with Crippen molar-refractivity contribution < 1.29 is 21.6 Å². The molecule has 0 spiro atoms. The van der Waals surface area contributed by atoms with Crippen molar-refractivity contribution in [2.45, 2.75) is 38.2 Å². The van der Waals surface area contributed by atoms with Crippen molar-refractivity contribution in [3.63, 3.8) is 0 Å². The van der Waals surface area contributed by atoms with E-state index in [-0.39, 0.29) is 13.0 Å². The van der Waals surface area contributed by atoms with Gasteiger partial charge in [0.25, 0.3) is 0 Å². The molecule has 0 saturated heterocycles. The first-order valence-corrected chi connectivity index (χ1v) is 9.10. The Morgan fingerprint density at radius 2 is 2.04 bits per heavy atom. The van der Waals surface area contributed by atoms with Crippen LogP contribution in [0.4, 0.5) is 19.0 Å². The van der Waals surface area contributed by atoms with Crippen molar-refractivity contribution in [3.8, 4) is 0 Å². The summed E-state index contributed by atoms with van der Waals surface area (Å²) in [7, 11) is -5.29. The van der Waals surface area contributed by atoms with Crippen LogP contribution in [0.25, 0.3) is 0 Å². The summed E-state index contributed by atoms with van der Waals surface area (Å²) in [5.74, 6) is 0.915. The van der Waals surface area contributed by atoms with Crippen LogP contribution in [0.15, 0.2) is 12.4 Å². The first kappa shape index (κ1) is 20.0. The molecule has 144 valence electrons. The Labute approximate surface area is 147 Å². The lowest BCUT2D eigenvalue weighted by Gasteiger charge is -2.08. The number of aromatic nitrogens is 5. The Morgan fingerprint density at radius 3 is 2.69 bits per heavy atom. The van der Waals surface area contributed by atoms with Gasteiger partial charge in [0, 0.05) is 24.5 Å². The number of sulfonamides is 1. The average Bonchev–Trinajstić information content (AvgIpc) is 2.96. The van der Waals surface area contributed by atoms with Crippen LogP contribution in [0.1, 0.15) is 29.9 Å². The van der Waals surface area contributed by atoms with Crippen molar-refractivity contribution in [1.82, 2.24) is 29.7 Å².